The van der Waals surface area contributed by atoms with E-state index in [4.69, 9.17) is 11.6 Å². The van der Waals surface area contributed by atoms with E-state index < -0.39 is 11.6 Å². The quantitative estimate of drug-likeness (QED) is 0.480. The monoisotopic (exact) mass is 479 g/mol. The number of pyridine rings is 1. The Morgan fingerprint density at radius 1 is 1.06 bits per heavy atom. The van der Waals surface area contributed by atoms with E-state index in [0.717, 1.165) is 43.2 Å². The van der Waals surface area contributed by atoms with Gasteiger partial charge in [-0.05, 0) is 74.0 Å². The molecule has 1 amide bonds. The number of benzene rings is 2. The average molecular weight is 480 g/mol. The summed E-state index contributed by atoms with van der Waals surface area (Å²) in [7, 11) is 0. The van der Waals surface area contributed by atoms with Crippen LogP contribution in [0.2, 0.25) is 5.02 Å². The van der Waals surface area contributed by atoms with Crippen molar-refractivity contribution >= 4 is 29.3 Å². The minimum atomic E-state index is -0.579. The number of rotatable bonds is 4. The fourth-order valence-corrected chi connectivity index (χ4v) is 5.20. The molecular formula is C27H24ClF2N3O. The standard InChI is InChI=1S/C27H24ClF2N3O/c28-21-4-6-25-23(16-21)27(18-33(25)26(34)20-7-11-31-12-8-20)9-14-32(15-10-27)13-1-2-19-3-5-22(29)17-24(19)30/h1-8,11-12,16-17H,9-10,13-15,18H2. The summed E-state index contributed by atoms with van der Waals surface area (Å²) in [6.45, 7) is 2.99. The van der Waals surface area contributed by atoms with E-state index in [2.05, 4.69) is 9.88 Å². The number of piperidine rings is 1. The first kappa shape index (κ1) is 22.7. The van der Waals surface area contributed by atoms with Crippen molar-refractivity contribution in [1.82, 2.24) is 9.88 Å². The molecule has 3 aromatic rings. The average Bonchev–Trinajstić information content (AvgIpc) is 3.15. The van der Waals surface area contributed by atoms with Gasteiger partial charge in [0, 0.05) is 58.8 Å². The van der Waals surface area contributed by atoms with Crippen LogP contribution in [0.5, 0.6) is 0 Å². The number of fused-ring (bicyclic) bond motifs is 2. The Morgan fingerprint density at radius 2 is 1.82 bits per heavy atom. The minimum absolute atomic E-state index is 0.0328. The van der Waals surface area contributed by atoms with E-state index >= 15 is 0 Å². The van der Waals surface area contributed by atoms with E-state index in [1.165, 1.54) is 12.1 Å². The van der Waals surface area contributed by atoms with Crippen LogP contribution in [0.3, 0.4) is 0 Å². The zero-order valence-corrected chi connectivity index (χ0v) is 19.3. The fraction of sp³-hybridized carbons (Fsp3) is 0.259. The Morgan fingerprint density at radius 3 is 2.56 bits per heavy atom. The molecule has 0 saturated carbocycles. The van der Waals surface area contributed by atoms with Crippen molar-refractivity contribution in [2.75, 3.05) is 31.1 Å². The fourth-order valence-electron chi connectivity index (χ4n) is 5.03. The zero-order valence-electron chi connectivity index (χ0n) is 18.6. The summed E-state index contributed by atoms with van der Waals surface area (Å²) in [5.41, 5.74) is 2.90. The molecule has 5 rings (SSSR count). The number of carbonyl (C=O) groups is 1. The van der Waals surface area contributed by atoms with Gasteiger partial charge in [-0.3, -0.25) is 14.7 Å². The molecule has 1 fully saturated rings. The predicted octanol–water partition coefficient (Wildman–Crippen LogP) is 5.72. The molecule has 2 aromatic carbocycles. The largest absolute Gasteiger partial charge is 0.307 e. The lowest BCUT2D eigenvalue weighted by molar-refractivity contribution is 0.0977. The number of hydrogen-bond donors (Lipinski definition) is 0. The molecule has 0 atom stereocenters. The molecule has 4 nitrogen and oxygen atoms in total. The third-order valence-corrected chi connectivity index (χ3v) is 7.13. The van der Waals surface area contributed by atoms with Crippen LogP contribution in [-0.2, 0) is 5.41 Å². The molecule has 3 heterocycles. The van der Waals surface area contributed by atoms with Gasteiger partial charge in [0.05, 0.1) is 0 Å². The molecule has 0 unspecified atom stereocenters. The van der Waals surface area contributed by atoms with Gasteiger partial charge in [-0.2, -0.15) is 0 Å². The maximum absolute atomic E-state index is 13.9. The number of halogens is 3. The van der Waals surface area contributed by atoms with Crippen LogP contribution in [0.25, 0.3) is 6.08 Å². The van der Waals surface area contributed by atoms with Gasteiger partial charge in [0.1, 0.15) is 11.6 Å². The van der Waals surface area contributed by atoms with Crippen LogP contribution < -0.4 is 4.90 Å². The van der Waals surface area contributed by atoms with Gasteiger partial charge in [0.2, 0.25) is 0 Å². The summed E-state index contributed by atoms with van der Waals surface area (Å²) in [6.07, 6.45) is 8.64. The van der Waals surface area contributed by atoms with Crippen molar-refractivity contribution in [3.8, 4) is 0 Å². The number of anilines is 1. The molecule has 174 valence electrons. The van der Waals surface area contributed by atoms with Crippen molar-refractivity contribution in [3.05, 3.63) is 100 Å². The summed E-state index contributed by atoms with van der Waals surface area (Å²) in [5.74, 6) is -1.17. The minimum Gasteiger partial charge on any atom is -0.307 e. The highest BCUT2D eigenvalue weighted by atomic mass is 35.5. The van der Waals surface area contributed by atoms with Crippen molar-refractivity contribution in [1.29, 1.82) is 0 Å². The molecule has 2 aliphatic rings. The zero-order chi connectivity index (χ0) is 23.7. The second kappa shape index (κ2) is 9.28. The molecule has 0 radical (unpaired) electrons. The Kier molecular flexibility index (Phi) is 6.19. The second-order valence-corrected chi connectivity index (χ2v) is 9.37. The number of nitrogens with zero attached hydrogens (tertiary/aromatic N) is 3. The van der Waals surface area contributed by atoms with Crippen LogP contribution >= 0.6 is 11.6 Å². The first-order valence-corrected chi connectivity index (χ1v) is 11.7. The van der Waals surface area contributed by atoms with E-state index in [9.17, 15) is 13.6 Å². The first-order chi connectivity index (χ1) is 16.4. The highest BCUT2D eigenvalue weighted by Crippen LogP contribution is 2.48. The number of carbonyl (C=O) groups excluding carboxylic acids is 1. The molecule has 0 N–H and O–H groups in total. The lowest BCUT2D eigenvalue weighted by atomic mass is 9.74. The maximum atomic E-state index is 13.9. The third-order valence-electron chi connectivity index (χ3n) is 6.89. The van der Waals surface area contributed by atoms with Crippen molar-refractivity contribution < 1.29 is 13.6 Å². The first-order valence-electron chi connectivity index (χ1n) is 11.3. The maximum Gasteiger partial charge on any atom is 0.258 e. The van der Waals surface area contributed by atoms with Crippen LogP contribution in [0.1, 0.15) is 34.3 Å². The smallest absolute Gasteiger partial charge is 0.258 e. The van der Waals surface area contributed by atoms with Gasteiger partial charge in [-0.25, -0.2) is 8.78 Å². The summed E-state index contributed by atoms with van der Waals surface area (Å²) >= 11 is 6.36. The Hall–Kier alpha value is -3.09. The van der Waals surface area contributed by atoms with Crippen LogP contribution in [0.15, 0.2) is 67.0 Å². The van der Waals surface area contributed by atoms with Crippen molar-refractivity contribution in [2.45, 2.75) is 18.3 Å². The molecular weight excluding hydrogens is 456 g/mol. The second-order valence-electron chi connectivity index (χ2n) is 8.94. The Bertz CT molecular complexity index is 1240. The number of hydrogen-bond acceptors (Lipinski definition) is 3. The van der Waals surface area contributed by atoms with E-state index in [1.54, 1.807) is 30.6 Å². The molecule has 2 aliphatic heterocycles. The van der Waals surface area contributed by atoms with E-state index in [1.807, 2.05) is 29.2 Å². The van der Waals surface area contributed by atoms with E-state index in [-0.39, 0.29) is 11.3 Å². The highest BCUT2D eigenvalue weighted by Gasteiger charge is 2.46. The Balaban J connectivity index is 1.30. The third kappa shape index (κ3) is 4.36. The summed E-state index contributed by atoms with van der Waals surface area (Å²) in [6, 6.07) is 12.9. The summed E-state index contributed by atoms with van der Waals surface area (Å²) < 4.78 is 27.0. The van der Waals surface area contributed by atoms with Gasteiger partial charge in [0.15, 0.2) is 0 Å². The van der Waals surface area contributed by atoms with Gasteiger partial charge in [0.25, 0.3) is 5.91 Å². The molecule has 0 bridgehead atoms. The van der Waals surface area contributed by atoms with Gasteiger partial charge in [-0.1, -0.05) is 23.8 Å². The normalized spacial score (nSPS) is 17.4. The van der Waals surface area contributed by atoms with Gasteiger partial charge >= 0.3 is 0 Å². The SMILES string of the molecule is O=C(c1ccncc1)N1CC2(CCN(CC=Cc3ccc(F)cc3F)CC2)c2cc(Cl)ccc21. The molecule has 1 aromatic heterocycles. The summed E-state index contributed by atoms with van der Waals surface area (Å²) in [5, 5.41) is 0.669. The lowest BCUT2D eigenvalue weighted by Crippen LogP contribution is -2.46. The van der Waals surface area contributed by atoms with Crippen LogP contribution in [0.4, 0.5) is 14.5 Å². The topological polar surface area (TPSA) is 36.4 Å². The van der Waals surface area contributed by atoms with Crippen molar-refractivity contribution in [2.24, 2.45) is 0 Å². The number of aromatic nitrogens is 1. The number of likely N-dealkylation sites (tertiary alicyclic amines) is 1. The van der Waals surface area contributed by atoms with Crippen LogP contribution in [0, 0.1) is 11.6 Å². The molecule has 0 aliphatic carbocycles. The number of amides is 1. The lowest BCUT2D eigenvalue weighted by Gasteiger charge is -2.39. The van der Waals surface area contributed by atoms with Gasteiger partial charge in [-0.15, -0.1) is 0 Å². The summed E-state index contributed by atoms with van der Waals surface area (Å²) in [4.78, 5) is 21.5. The molecule has 7 heteroatoms. The molecule has 1 saturated heterocycles. The van der Waals surface area contributed by atoms with Crippen LogP contribution in [-0.4, -0.2) is 42.0 Å². The Labute approximate surface area is 202 Å². The predicted molar refractivity (Wildman–Crippen MR) is 130 cm³/mol. The molecule has 1 spiro atoms. The van der Waals surface area contributed by atoms with Crippen molar-refractivity contribution in [3.63, 3.8) is 0 Å². The highest BCUT2D eigenvalue weighted by molar-refractivity contribution is 6.30. The van der Waals surface area contributed by atoms with E-state index in [0.29, 0.717) is 29.2 Å². The van der Waals surface area contributed by atoms with Gasteiger partial charge < -0.3 is 4.90 Å². The molecule has 34 heavy (non-hydrogen) atoms.